The fraction of sp³-hybridized carbons (Fsp3) is 0.250. The molecule has 1 heterocycles. The molecule has 2 aromatic carbocycles. The average molecular weight is 375 g/mol. The lowest BCUT2D eigenvalue weighted by atomic mass is 10.1. The number of hydrogen-bond donors (Lipinski definition) is 1. The van der Waals surface area contributed by atoms with E-state index in [1.165, 1.54) is 6.07 Å². The third-order valence-corrected chi connectivity index (χ3v) is 4.57. The number of rotatable bonds is 6. The van der Waals surface area contributed by atoms with Gasteiger partial charge in [-0.1, -0.05) is 23.7 Å². The molecular weight excluding hydrogens is 355 g/mol. The summed E-state index contributed by atoms with van der Waals surface area (Å²) in [6, 6.07) is 11.8. The first-order valence-corrected chi connectivity index (χ1v) is 8.77. The highest BCUT2D eigenvalue weighted by molar-refractivity contribution is 6.31. The van der Waals surface area contributed by atoms with Crippen molar-refractivity contribution < 1.29 is 13.9 Å². The van der Waals surface area contributed by atoms with Gasteiger partial charge in [-0.05, 0) is 49.2 Å². The number of para-hydroxylation sites is 1. The highest BCUT2D eigenvalue weighted by atomic mass is 35.5. The molecule has 26 heavy (non-hydrogen) atoms. The Hall–Kier alpha value is -2.53. The molecule has 0 fully saturated rings. The molecule has 0 radical (unpaired) electrons. The van der Waals surface area contributed by atoms with Crippen LogP contribution in [-0.2, 0) is 7.05 Å². The lowest BCUT2D eigenvalue weighted by Crippen LogP contribution is -2.28. The number of carbonyl (C=O) groups is 1. The number of nitrogens with one attached hydrogen (secondary N) is 1. The number of aryl methyl sites for hydroxylation is 2. The van der Waals surface area contributed by atoms with E-state index in [0.29, 0.717) is 30.3 Å². The normalized spacial score (nSPS) is 10.9. The van der Waals surface area contributed by atoms with Crippen LogP contribution in [0.4, 0.5) is 4.39 Å². The Kier molecular flexibility index (Phi) is 5.47. The number of benzene rings is 2. The van der Waals surface area contributed by atoms with Gasteiger partial charge in [-0.2, -0.15) is 0 Å². The topological polar surface area (TPSA) is 43.3 Å². The van der Waals surface area contributed by atoms with Crippen LogP contribution in [0.2, 0.25) is 5.02 Å². The van der Waals surface area contributed by atoms with Crippen molar-refractivity contribution in [3.8, 4) is 5.75 Å². The Morgan fingerprint density at radius 3 is 2.81 bits per heavy atom. The minimum atomic E-state index is -0.388. The maximum absolute atomic E-state index is 13.5. The Balaban J connectivity index is 1.59. The minimum absolute atomic E-state index is 0.150. The van der Waals surface area contributed by atoms with E-state index in [9.17, 15) is 9.18 Å². The molecule has 6 heteroatoms. The molecule has 1 aromatic heterocycles. The summed E-state index contributed by atoms with van der Waals surface area (Å²) in [6.07, 6.45) is 0.578. The van der Waals surface area contributed by atoms with Gasteiger partial charge in [0.2, 0.25) is 0 Å². The first-order chi connectivity index (χ1) is 12.5. The predicted octanol–water partition coefficient (Wildman–Crippen LogP) is 4.48. The fourth-order valence-corrected chi connectivity index (χ4v) is 3.20. The Labute approximate surface area is 156 Å². The maximum Gasteiger partial charge on any atom is 0.268 e. The van der Waals surface area contributed by atoms with Gasteiger partial charge in [-0.25, -0.2) is 4.39 Å². The summed E-state index contributed by atoms with van der Waals surface area (Å²) in [7, 11) is 1.86. The number of carbonyl (C=O) groups excluding carboxylic acids is 1. The summed E-state index contributed by atoms with van der Waals surface area (Å²) < 4.78 is 20.7. The SMILES string of the molecule is Cc1c(C(=O)NCCCOc2ccccc2F)n(C)c2ccc(Cl)cc12. The van der Waals surface area contributed by atoms with Gasteiger partial charge in [0.1, 0.15) is 5.69 Å². The Morgan fingerprint density at radius 1 is 1.27 bits per heavy atom. The molecule has 3 rings (SSSR count). The molecule has 4 nitrogen and oxygen atoms in total. The number of ether oxygens (including phenoxy) is 1. The fourth-order valence-electron chi connectivity index (χ4n) is 3.03. The number of amides is 1. The standard InChI is InChI=1S/C20H20ClFN2O2/c1-13-15-12-14(21)8-9-17(15)24(2)19(13)20(25)23-10-5-11-26-18-7-4-3-6-16(18)22/h3-4,6-9,12H,5,10-11H2,1-2H3,(H,23,25). The quantitative estimate of drug-likeness (QED) is 0.646. The number of hydrogen-bond acceptors (Lipinski definition) is 2. The van der Waals surface area contributed by atoms with Crippen LogP contribution in [0.3, 0.4) is 0 Å². The van der Waals surface area contributed by atoms with Gasteiger partial charge in [0.15, 0.2) is 11.6 Å². The third-order valence-electron chi connectivity index (χ3n) is 4.33. The summed E-state index contributed by atoms with van der Waals surface area (Å²) in [5, 5.41) is 4.50. The summed E-state index contributed by atoms with van der Waals surface area (Å²) >= 11 is 6.06. The van der Waals surface area contributed by atoms with E-state index in [1.54, 1.807) is 18.2 Å². The monoisotopic (exact) mass is 374 g/mol. The smallest absolute Gasteiger partial charge is 0.268 e. The van der Waals surface area contributed by atoms with E-state index < -0.39 is 0 Å². The molecule has 136 valence electrons. The molecule has 0 aliphatic carbocycles. The van der Waals surface area contributed by atoms with Crippen molar-refractivity contribution in [2.45, 2.75) is 13.3 Å². The molecule has 0 aliphatic heterocycles. The van der Waals surface area contributed by atoms with Crippen molar-refractivity contribution in [2.75, 3.05) is 13.2 Å². The van der Waals surface area contributed by atoms with E-state index in [4.69, 9.17) is 16.3 Å². The van der Waals surface area contributed by atoms with E-state index in [2.05, 4.69) is 5.32 Å². The van der Waals surface area contributed by atoms with Crippen LogP contribution in [0.5, 0.6) is 5.75 Å². The lowest BCUT2D eigenvalue weighted by Gasteiger charge is -2.09. The first-order valence-electron chi connectivity index (χ1n) is 8.39. The summed E-state index contributed by atoms with van der Waals surface area (Å²) in [4.78, 5) is 12.6. The van der Waals surface area contributed by atoms with Crippen LogP contribution in [0.1, 0.15) is 22.5 Å². The van der Waals surface area contributed by atoms with E-state index in [0.717, 1.165) is 16.5 Å². The van der Waals surface area contributed by atoms with Gasteiger partial charge >= 0.3 is 0 Å². The second-order valence-electron chi connectivity index (χ2n) is 6.08. The van der Waals surface area contributed by atoms with Crippen molar-refractivity contribution in [2.24, 2.45) is 7.05 Å². The summed E-state index contributed by atoms with van der Waals surface area (Å²) in [5.41, 5.74) is 2.46. The molecule has 0 saturated carbocycles. The zero-order chi connectivity index (χ0) is 18.7. The van der Waals surface area contributed by atoms with Crippen molar-refractivity contribution in [3.05, 3.63) is 64.6 Å². The van der Waals surface area contributed by atoms with Gasteiger partial charge in [0, 0.05) is 29.5 Å². The molecule has 1 amide bonds. The number of nitrogens with zero attached hydrogens (tertiary/aromatic N) is 1. The van der Waals surface area contributed by atoms with Crippen molar-refractivity contribution in [1.82, 2.24) is 9.88 Å². The van der Waals surface area contributed by atoms with Crippen LogP contribution in [0.15, 0.2) is 42.5 Å². The van der Waals surface area contributed by atoms with Crippen molar-refractivity contribution >= 4 is 28.4 Å². The molecule has 0 saturated heterocycles. The summed E-state index contributed by atoms with van der Waals surface area (Å²) in [6.45, 7) is 2.68. The predicted molar refractivity (Wildman–Crippen MR) is 102 cm³/mol. The zero-order valence-corrected chi connectivity index (χ0v) is 15.4. The zero-order valence-electron chi connectivity index (χ0n) is 14.7. The minimum Gasteiger partial charge on any atom is -0.490 e. The third kappa shape index (κ3) is 3.68. The van der Waals surface area contributed by atoms with E-state index in [-0.39, 0.29) is 17.5 Å². The van der Waals surface area contributed by atoms with Gasteiger partial charge in [-0.15, -0.1) is 0 Å². The molecule has 0 spiro atoms. The molecular formula is C20H20ClFN2O2. The highest BCUT2D eigenvalue weighted by Crippen LogP contribution is 2.27. The molecule has 0 bridgehead atoms. The first kappa shape index (κ1) is 18.3. The van der Waals surface area contributed by atoms with Gasteiger partial charge < -0.3 is 14.6 Å². The van der Waals surface area contributed by atoms with Crippen LogP contribution in [-0.4, -0.2) is 23.6 Å². The summed E-state index contributed by atoms with van der Waals surface area (Å²) in [5.74, 6) is -0.315. The van der Waals surface area contributed by atoms with Gasteiger partial charge in [-0.3, -0.25) is 4.79 Å². The molecule has 3 aromatic rings. The highest BCUT2D eigenvalue weighted by Gasteiger charge is 2.18. The molecule has 0 aliphatic rings. The maximum atomic E-state index is 13.5. The second-order valence-corrected chi connectivity index (χ2v) is 6.52. The van der Waals surface area contributed by atoms with Crippen molar-refractivity contribution in [3.63, 3.8) is 0 Å². The van der Waals surface area contributed by atoms with Crippen LogP contribution < -0.4 is 10.1 Å². The Morgan fingerprint density at radius 2 is 2.04 bits per heavy atom. The molecule has 0 atom stereocenters. The molecule has 1 N–H and O–H groups in total. The second kappa shape index (κ2) is 7.79. The van der Waals surface area contributed by atoms with Gasteiger partial charge in [0.05, 0.1) is 6.61 Å². The van der Waals surface area contributed by atoms with E-state index >= 15 is 0 Å². The van der Waals surface area contributed by atoms with Crippen LogP contribution >= 0.6 is 11.6 Å². The van der Waals surface area contributed by atoms with Gasteiger partial charge in [0.25, 0.3) is 5.91 Å². The van der Waals surface area contributed by atoms with E-state index in [1.807, 2.05) is 36.7 Å². The largest absolute Gasteiger partial charge is 0.490 e. The molecule has 0 unspecified atom stereocenters. The number of fused-ring (bicyclic) bond motifs is 1. The Bertz CT molecular complexity index is 952. The van der Waals surface area contributed by atoms with Crippen LogP contribution in [0.25, 0.3) is 10.9 Å². The lowest BCUT2D eigenvalue weighted by molar-refractivity contribution is 0.0943. The average Bonchev–Trinajstić information content (AvgIpc) is 2.86. The van der Waals surface area contributed by atoms with Crippen LogP contribution in [0, 0.1) is 12.7 Å². The van der Waals surface area contributed by atoms with Crippen molar-refractivity contribution in [1.29, 1.82) is 0 Å². The number of aromatic nitrogens is 1. The number of halogens is 2.